The molecule has 2 N–H and O–H groups in total. The van der Waals surface area contributed by atoms with Gasteiger partial charge in [0.2, 0.25) is 0 Å². The predicted molar refractivity (Wildman–Crippen MR) is 54.0 cm³/mol. The maximum absolute atomic E-state index is 10.6. The molecule has 0 aliphatic carbocycles. The lowest BCUT2D eigenvalue weighted by Crippen LogP contribution is -1.98. The fraction of sp³-hybridized carbons (Fsp3) is 0.250. The minimum Gasteiger partial charge on any atom is -0.393 e. The summed E-state index contributed by atoms with van der Waals surface area (Å²) in [6, 6.07) is 3.36. The number of nitrogen functional groups attached to an aromatic ring is 1. The van der Waals surface area contributed by atoms with Crippen molar-refractivity contribution < 1.29 is 4.92 Å². The van der Waals surface area contributed by atoms with Crippen LogP contribution in [0.3, 0.4) is 0 Å². The van der Waals surface area contributed by atoms with E-state index in [0.717, 1.165) is 4.90 Å². The number of hydrogen-bond acceptors (Lipinski definition) is 4. The summed E-state index contributed by atoms with van der Waals surface area (Å²) >= 11 is 1.48. The quantitative estimate of drug-likeness (QED) is 0.342. The van der Waals surface area contributed by atoms with Crippen LogP contribution in [0.4, 0.5) is 11.4 Å². The van der Waals surface area contributed by atoms with E-state index in [4.69, 9.17) is 5.73 Å². The molecule has 1 rings (SSSR count). The summed E-state index contributed by atoms with van der Waals surface area (Å²) in [5.74, 6) is 0. The summed E-state index contributed by atoms with van der Waals surface area (Å²) in [5.41, 5.74) is 6.37. The van der Waals surface area contributed by atoms with Crippen LogP contribution in [0, 0.1) is 17.0 Å². The molecular weight excluding hydrogens is 188 g/mol. The summed E-state index contributed by atoms with van der Waals surface area (Å²) < 4.78 is 0. The molecular formula is C8H10N2O2S. The van der Waals surface area contributed by atoms with Crippen molar-refractivity contribution in [3.8, 4) is 0 Å². The highest BCUT2D eigenvalue weighted by atomic mass is 32.2. The Bertz CT molecular complexity index is 352. The molecule has 4 nitrogen and oxygen atoms in total. The Morgan fingerprint density at radius 3 is 2.62 bits per heavy atom. The second kappa shape index (κ2) is 3.66. The normalized spacial score (nSPS) is 10.0. The summed E-state index contributed by atoms with van der Waals surface area (Å²) in [6.07, 6.45) is 1.88. The fourth-order valence-corrected chi connectivity index (χ4v) is 1.77. The largest absolute Gasteiger partial charge is 0.393 e. The molecule has 0 aliphatic heterocycles. The molecule has 13 heavy (non-hydrogen) atoms. The van der Waals surface area contributed by atoms with Gasteiger partial charge < -0.3 is 5.73 Å². The molecule has 0 heterocycles. The lowest BCUT2D eigenvalue weighted by molar-refractivity contribution is -0.384. The third-order valence-corrected chi connectivity index (χ3v) is 2.70. The van der Waals surface area contributed by atoms with E-state index in [0.29, 0.717) is 5.56 Å². The number of nitrogens with two attached hydrogens (primary N) is 1. The summed E-state index contributed by atoms with van der Waals surface area (Å²) in [7, 11) is 0. The van der Waals surface area contributed by atoms with Crippen LogP contribution in [0.15, 0.2) is 17.0 Å². The molecule has 0 bridgehead atoms. The number of rotatable bonds is 2. The van der Waals surface area contributed by atoms with Gasteiger partial charge in [-0.05, 0) is 25.3 Å². The first-order chi connectivity index (χ1) is 6.07. The van der Waals surface area contributed by atoms with E-state index in [1.54, 1.807) is 19.1 Å². The number of nitro groups is 1. The molecule has 0 saturated heterocycles. The molecule has 0 atom stereocenters. The molecule has 0 aromatic heterocycles. The van der Waals surface area contributed by atoms with Crippen molar-refractivity contribution in [1.29, 1.82) is 0 Å². The predicted octanol–water partition coefficient (Wildman–Crippen LogP) is 2.21. The highest BCUT2D eigenvalue weighted by Gasteiger charge is 2.17. The summed E-state index contributed by atoms with van der Waals surface area (Å²) in [5, 5.41) is 10.6. The highest BCUT2D eigenvalue weighted by molar-refractivity contribution is 7.98. The van der Waals surface area contributed by atoms with E-state index in [1.807, 2.05) is 6.26 Å². The number of thioether (sulfide) groups is 1. The minimum absolute atomic E-state index is 0.0202. The second-order valence-corrected chi connectivity index (χ2v) is 3.44. The number of nitro benzene ring substituents is 1. The molecule has 0 radical (unpaired) electrons. The van der Waals surface area contributed by atoms with Crippen LogP contribution in [0.2, 0.25) is 0 Å². The standard InChI is InChI=1S/C8H10N2O2S/c1-5-7(13-2)4-3-6(9)8(5)10(11)12/h3-4H,9H2,1-2H3. The first kappa shape index (κ1) is 9.85. The third kappa shape index (κ3) is 1.75. The number of anilines is 1. The maximum Gasteiger partial charge on any atom is 0.296 e. The van der Waals surface area contributed by atoms with Crippen molar-refractivity contribution in [1.82, 2.24) is 0 Å². The summed E-state index contributed by atoms with van der Waals surface area (Å²) in [4.78, 5) is 11.1. The zero-order valence-corrected chi connectivity index (χ0v) is 8.22. The molecule has 1 aromatic rings. The number of hydrogen-bond donors (Lipinski definition) is 1. The molecule has 0 amide bonds. The van der Waals surface area contributed by atoms with E-state index in [2.05, 4.69) is 0 Å². The van der Waals surface area contributed by atoms with Gasteiger partial charge in [-0.1, -0.05) is 0 Å². The molecule has 5 heteroatoms. The fourth-order valence-electron chi connectivity index (χ4n) is 1.17. The van der Waals surface area contributed by atoms with Crippen molar-refractivity contribution >= 4 is 23.1 Å². The lowest BCUT2D eigenvalue weighted by Gasteiger charge is -2.04. The van der Waals surface area contributed by atoms with Gasteiger partial charge in [0.15, 0.2) is 0 Å². The first-order valence-corrected chi connectivity index (χ1v) is 4.88. The van der Waals surface area contributed by atoms with Gasteiger partial charge in [0.1, 0.15) is 5.69 Å². The Balaban J connectivity index is 3.38. The lowest BCUT2D eigenvalue weighted by atomic mass is 10.2. The van der Waals surface area contributed by atoms with E-state index in [1.165, 1.54) is 11.8 Å². The van der Waals surface area contributed by atoms with Crippen LogP contribution in [0.25, 0.3) is 0 Å². The van der Waals surface area contributed by atoms with Crippen LogP contribution in [0.1, 0.15) is 5.56 Å². The zero-order chi connectivity index (χ0) is 10.0. The zero-order valence-electron chi connectivity index (χ0n) is 7.40. The smallest absolute Gasteiger partial charge is 0.296 e. The topological polar surface area (TPSA) is 69.2 Å². The summed E-state index contributed by atoms with van der Waals surface area (Å²) in [6.45, 7) is 1.71. The molecule has 0 aliphatic rings. The first-order valence-electron chi connectivity index (χ1n) is 3.65. The monoisotopic (exact) mass is 198 g/mol. The molecule has 0 spiro atoms. The van der Waals surface area contributed by atoms with E-state index in [9.17, 15) is 10.1 Å². The molecule has 0 unspecified atom stereocenters. The van der Waals surface area contributed by atoms with E-state index < -0.39 is 4.92 Å². The maximum atomic E-state index is 10.6. The van der Waals surface area contributed by atoms with Crippen molar-refractivity contribution in [2.75, 3.05) is 12.0 Å². The van der Waals surface area contributed by atoms with Gasteiger partial charge in [-0.25, -0.2) is 0 Å². The van der Waals surface area contributed by atoms with Crippen molar-refractivity contribution in [3.05, 3.63) is 27.8 Å². The third-order valence-electron chi connectivity index (χ3n) is 1.81. The average molecular weight is 198 g/mol. The number of benzene rings is 1. The minimum atomic E-state index is -0.440. The van der Waals surface area contributed by atoms with Crippen LogP contribution in [-0.2, 0) is 0 Å². The van der Waals surface area contributed by atoms with E-state index in [-0.39, 0.29) is 11.4 Å². The van der Waals surface area contributed by atoms with Gasteiger partial charge >= 0.3 is 0 Å². The molecule has 1 aromatic carbocycles. The Labute approximate surface area is 80.3 Å². The van der Waals surface area contributed by atoms with Crippen LogP contribution in [-0.4, -0.2) is 11.2 Å². The van der Waals surface area contributed by atoms with Crippen molar-refractivity contribution in [2.45, 2.75) is 11.8 Å². The molecule has 0 saturated carbocycles. The van der Waals surface area contributed by atoms with Gasteiger partial charge in [0.25, 0.3) is 5.69 Å². The van der Waals surface area contributed by atoms with Gasteiger partial charge in [-0.3, -0.25) is 10.1 Å². The van der Waals surface area contributed by atoms with Crippen LogP contribution >= 0.6 is 11.8 Å². The Morgan fingerprint density at radius 1 is 1.54 bits per heavy atom. The second-order valence-electron chi connectivity index (χ2n) is 2.59. The van der Waals surface area contributed by atoms with Crippen molar-refractivity contribution in [3.63, 3.8) is 0 Å². The van der Waals surface area contributed by atoms with Crippen LogP contribution < -0.4 is 5.73 Å². The molecule has 70 valence electrons. The van der Waals surface area contributed by atoms with Gasteiger partial charge in [-0.15, -0.1) is 11.8 Å². The van der Waals surface area contributed by atoms with Gasteiger partial charge in [0, 0.05) is 10.5 Å². The van der Waals surface area contributed by atoms with Gasteiger partial charge in [0.05, 0.1) is 4.92 Å². The van der Waals surface area contributed by atoms with E-state index >= 15 is 0 Å². The van der Waals surface area contributed by atoms with Gasteiger partial charge in [-0.2, -0.15) is 0 Å². The molecule has 0 fully saturated rings. The highest BCUT2D eigenvalue weighted by Crippen LogP contribution is 2.32. The van der Waals surface area contributed by atoms with Crippen molar-refractivity contribution in [2.24, 2.45) is 0 Å². The Morgan fingerprint density at radius 2 is 2.15 bits per heavy atom. The SMILES string of the molecule is CSc1ccc(N)c([N+](=O)[O-])c1C. The average Bonchev–Trinajstić information content (AvgIpc) is 2.04. The Hall–Kier alpha value is -1.23. The Kier molecular flexibility index (Phi) is 2.77. The van der Waals surface area contributed by atoms with Crippen LogP contribution in [0.5, 0.6) is 0 Å². The number of nitrogens with zero attached hydrogens (tertiary/aromatic N) is 1.